The normalized spacial score (nSPS) is 16.0. The molecule has 104 valence electrons. The van der Waals surface area contributed by atoms with Crippen LogP contribution in [0.5, 0.6) is 5.75 Å². The van der Waals surface area contributed by atoms with E-state index in [4.69, 9.17) is 27.4 Å². The standard InChI is InChI=1S/C13H19N3O2S/c14-13(19)15-11-3-1-2-4-12(11)18-10-7-16-5-8-17-9-6-16/h1-4H,5-10H2,(H3,14,15,19). The van der Waals surface area contributed by atoms with Crippen molar-refractivity contribution in [1.29, 1.82) is 0 Å². The van der Waals surface area contributed by atoms with E-state index in [1.807, 2.05) is 24.3 Å². The molecule has 1 heterocycles. The molecule has 0 radical (unpaired) electrons. The number of para-hydroxylation sites is 2. The molecule has 3 N–H and O–H groups in total. The quantitative estimate of drug-likeness (QED) is 0.787. The van der Waals surface area contributed by atoms with Crippen LogP contribution < -0.4 is 15.8 Å². The summed E-state index contributed by atoms with van der Waals surface area (Å²) in [6.45, 7) is 5.08. The van der Waals surface area contributed by atoms with Crippen LogP contribution in [0.25, 0.3) is 0 Å². The van der Waals surface area contributed by atoms with Gasteiger partial charge in [0, 0.05) is 19.6 Å². The van der Waals surface area contributed by atoms with Gasteiger partial charge >= 0.3 is 0 Å². The molecule has 0 aromatic heterocycles. The van der Waals surface area contributed by atoms with Gasteiger partial charge in [0.25, 0.3) is 0 Å². The van der Waals surface area contributed by atoms with E-state index >= 15 is 0 Å². The van der Waals surface area contributed by atoms with Crippen molar-refractivity contribution >= 4 is 23.0 Å². The van der Waals surface area contributed by atoms with Gasteiger partial charge in [-0.05, 0) is 24.4 Å². The van der Waals surface area contributed by atoms with E-state index < -0.39 is 0 Å². The number of hydrogen-bond acceptors (Lipinski definition) is 4. The molecular weight excluding hydrogens is 262 g/mol. The highest BCUT2D eigenvalue weighted by Crippen LogP contribution is 2.23. The Balaban J connectivity index is 1.83. The van der Waals surface area contributed by atoms with E-state index in [9.17, 15) is 0 Å². The zero-order valence-corrected chi connectivity index (χ0v) is 11.6. The van der Waals surface area contributed by atoms with Gasteiger partial charge in [0.05, 0.1) is 18.9 Å². The lowest BCUT2D eigenvalue weighted by Crippen LogP contribution is -2.38. The summed E-state index contributed by atoms with van der Waals surface area (Å²) in [6, 6.07) is 7.63. The molecular formula is C13H19N3O2S. The van der Waals surface area contributed by atoms with Crippen molar-refractivity contribution in [2.45, 2.75) is 0 Å². The van der Waals surface area contributed by atoms with Crippen LogP contribution in [0.1, 0.15) is 0 Å². The molecule has 1 fully saturated rings. The first-order valence-electron chi connectivity index (χ1n) is 6.34. The maximum atomic E-state index is 5.78. The SMILES string of the molecule is NC(=S)Nc1ccccc1OCCN1CCOCC1. The first-order valence-corrected chi connectivity index (χ1v) is 6.75. The third-order valence-corrected chi connectivity index (χ3v) is 3.02. The Labute approximate surface area is 118 Å². The molecule has 0 atom stereocenters. The second-order valence-corrected chi connectivity index (χ2v) is 4.73. The van der Waals surface area contributed by atoms with Gasteiger partial charge in [-0.15, -0.1) is 0 Å². The third-order valence-electron chi connectivity index (χ3n) is 2.91. The Morgan fingerprint density at radius 2 is 2.11 bits per heavy atom. The lowest BCUT2D eigenvalue weighted by atomic mass is 10.3. The van der Waals surface area contributed by atoms with Crippen molar-refractivity contribution in [3.8, 4) is 5.75 Å². The minimum atomic E-state index is 0.240. The second kappa shape index (κ2) is 7.28. The van der Waals surface area contributed by atoms with Crippen LogP contribution in [0.4, 0.5) is 5.69 Å². The lowest BCUT2D eigenvalue weighted by molar-refractivity contribution is 0.0323. The molecule has 0 aliphatic carbocycles. The predicted octanol–water partition coefficient (Wildman–Crippen LogP) is 1.05. The summed E-state index contributed by atoms with van der Waals surface area (Å²) in [7, 11) is 0. The molecule has 5 nitrogen and oxygen atoms in total. The fraction of sp³-hybridized carbons (Fsp3) is 0.462. The van der Waals surface area contributed by atoms with Gasteiger partial charge < -0.3 is 20.5 Å². The van der Waals surface area contributed by atoms with Gasteiger partial charge in [-0.3, -0.25) is 4.90 Å². The highest BCUT2D eigenvalue weighted by Gasteiger charge is 2.10. The Morgan fingerprint density at radius 3 is 2.84 bits per heavy atom. The zero-order chi connectivity index (χ0) is 13.5. The molecule has 0 amide bonds. The van der Waals surface area contributed by atoms with Gasteiger partial charge in [-0.2, -0.15) is 0 Å². The van der Waals surface area contributed by atoms with E-state index in [0.717, 1.165) is 44.3 Å². The Kier molecular flexibility index (Phi) is 5.38. The number of nitrogens with zero attached hydrogens (tertiary/aromatic N) is 1. The van der Waals surface area contributed by atoms with Gasteiger partial charge in [0.2, 0.25) is 0 Å². The number of benzene rings is 1. The average Bonchev–Trinajstić information content (AvgIpc) is 2.41. The maximum absolute atomic E-state index is 5.78. The van der Waals surface area contributed by atoms with E-state index in [1.54, 1.807) is 0 Å². The molecule has 0 bridgehead atoms. The first kappa shape index (κ1) is 14.0. The average molecular weight is 281 g/mol. The van der Waals surface area contributed by atoms with Gasteiger partial charge in [0.1, 0.15) is 12.4 Å². The fourth-order valence-corrected chi connectivity index (χ4v) is 2.05. The van der Waals surface area contributed by atoms with E-state index in [2.05, 4.69) is 10.2 Å². The van der Waals surface area contributed by atoms with Crippen molar-refractivity contribution in [2.75, 3.05) is 44.8 Å². The molecule has 2 rings (SSSR count). The Morgan fingerprint density at radius 1 is 1.37 bits per heavy atom. The number of anilines is 1. The Bertz CT molecular complexity index is 422. The summed E-state index contributed by atoms with van der Waals surface area (Å²) in [5.41, 5.74) is 6.28. The number of rotatable bonds is 5. The van der Waals surface area contributed by atoms with Gasteiger partial charge in [-0.1, -0.05) is 12.1 Å². The van der Waals surface area contributed by atoms with Crippen molar-refractivity contribution in [1.82, 2.24) is 4.90 Å². The third kappa shape index (κ3) is 4.66. The molecule has 0 unspecified atom stereocenters. The summed E-state index contributed by atoms with van der Waals surface area (Å²) < 4.78 is 11.1. The molecule has 1 aromatic rings. The summed E-state index contributed by atoms with van der Waals surface area (Å²) in [5, 5.41) is 3.15. The molecule has 1 saturated heterocycles. The van der Waals surface area contributed by atoms with Crippen molar-refractivity contribution in [2.24, 2.45) is 5.73 Å². The molecule has 6 heteroatoms. The largest absolute Gasteiger partial charge is 0.490 e. The van der Waals surface area contributed by atoms with E-state index in [1.165, 1.54) is 0 Å². The minimum absolute atomic E-state index is 0.240. The minimum Gasteiger partial charge on any atom is -0.490 e. The number of nitrogens with two attached hydrogens (primary N) is 1. The van der Waals surface area contributed by atoms with Crippen LogP contribution in [-0.2, 0) is 4.74 Å². The topological polar surface area (TPSA) is 59.8 Å². The number of nitrogens with one attached hydrogen (secondary N) is 1. The van der Waals surface area contributed by atoms with Gasteiger partial charge in [-0.25, -0.2) is 0 Å². The highest BCUT2D eigenvalue weighted by molar-refractivity contribution is 7.80. The first-order chi connectivity index (χ1) is 9.25. The number of hydrogen-bond donors (Lipinski definition) is 2. The summed E-state index contributed by atoms with van der Waals surface area (Å²) in [4.78, 5) is 2.33. The number of ether oxygens (including phenoxy) is 2. The van der Waals surface area contributed by atoms with E-state index in [0.29, 0.717) is 6.61 Å². The van der Waals surface area contributed by atoms with Crippen LogP contribution in [0.3, 0.4) is 0 Å². The molecule has 1 aliphatic heterocycles. The lowest BCUT2D eigenvalue weighted by Gasteiger charge is -2.26. The van der Waals surface area contributed by atoms with Crippen LogP contribution in [0.2, 0.25) is 0 Å². The smallest absolute Gasteiger partial charge is 0.168 e. The number of morpholine rings is 1. The molecule has 1 aromatic carbocycles. The summed E-state index contributed by atoms with van der Waals surface area (Å²) >= 11 is 4.84. The monoisotopic (exact) mass is 281 g/mol. The molecule has 0 saturated carbocycles. The highest BCUT2D eigenvalue weighted by atomic mass is 32.1. The van der Waals surface area contributed by atoms with Crippen molar-refractivity contribution in [3.63, 3.8) is 0 Å². The fourth-order valence-electron chi connectivity index (χ4n) is 1.94. The van der Waals surface area contributed by atoms with Crippen LogP contribution in [-0.4, -0.2) is 49.5 Å². The molecule has 0 spiro atoms. The second-order valence-electron chi connectivity index (χ2n) is 4.29. The Hall–Kier alpha value is -1.37. The maximum Gasteiger partial charge on any atom is 0.168 e. The van der Waals surface area contributed by atoms with Crippen molar-refractivity contribution in [3.05, 3.63) is 24.3 Å². The van der Waals surface area contributed by atoms with E-state index in [-0.39, 0.29) is 5.11 Å². The van der Waals surface area contributed by atoms with Gasteiger partial charge in [0.15, 0.2) is 5.11 Å². The molecule has 1 aliphatic rings. The molecule has 19 heavy (non-hydrogen) atoms. The predicted molar refractivity (Wildman–Crippen MR) is 79.6 cm³/mol. The van der Waals surface area contributed by atoms with Crippen LogP contribution >= 0.6 is 12.2 Å². The summed E-state index contributed by atoms with van der Waals surface area (Å²) in [6.07, 6.45) is 0. The van der Waals surface area contributed by atoms with Crippen molar-refractivity contribution < 1.29 is 9.47 Å². The number of thiocarbonyl (C=S) groups is 1. The van der Waals surface area contributed by atoms with Crippen LogP contribution in [0, 0.1) is 0 Å². The van der Waals surface area contributed by atoms with Crippen LogP contribution in [0.15, 0.2) is 24.3 Å². The summed E-state index contributed by atoms with van der Waals surface area (Å²) in [5.74, 6) is 0.767. The zero-order valence-electron chi connectivity index (χ0n) is 10.8.